The number of aromatic nitrogens is 2. The number of likely N-dealkylation sites (tertiary alicyclic amines) is 1. The standard InChI is InChI=1S/C15H17IN4O/c16-12-3-1-11(2-4-12)15(21)19-8-5-13(6-9-19)20-10-7-14(17)18-20/h1-4,7,10,13H,5-6,8-9H2,(H2,17,18). The Labute approximate surface area is 137 Å². The Morgan fingerprint density at radius 2 is 1.86 bits per heavy atom. The minimum Gasteiger partial charge on any atom is -0.382 e. The highest BCUT2D eigenvalue weighted by Crippen LogP contribution is 2.23. The van der Waals surface area contributed by atoms with Crippen molar-refractivity contribution in [2.45, 2.75) is 18.9 Å². The Hall–Kier alpha value is -1.57. The summed E-state index contributed by atoms with van der Waals surface area (Å²) in [5, 5.41) is 4.26. The maximum Gasteiger partial charge on any atom is 0.253 e. The van der Waals surface area contributed by atoms with Crippen molar-refractivity contribution in [3.63, 3.8) is 0 Å². The molecule has 6 heteroatoms. The number of benzene rings is 1. The van der Waals surface area contributed by atoms with Crippen LogP contribution in [0.25, 0.3) is 0 Å². The van der Waals surface area contributed by atoms with E-state index in [1.54, 1.807) is 0 Å². The van der Waals surface area contributed by atoms with E-state index in [1.807, 2.05) is 46.1 Å². The van der Waals surface area contributed by atoms with Crippen molar-refractivity contribution in [2.75, 3.05) is 18.8 Å². The highest BCUT2D eigenvalue weighted by atomic mass is 127. The van der Waals surface area contributed by atoms with Crippen LogP contribution < -0.4 is 5.73 Å². The van der Waals surface area contributed by atoms with Crippen molar-refractivity contribution in [3.8, 4) is 0 Å². The Kier molecular flexibility index (Phi) is 4.14. The third kappa shape index (κ3) is 3.20. The van der Waals surface area contributed by atoms with Crippen molar-refractivity contribution < 1.29 is 4.79 Å². The zero-order valence-corrected chi connectivity index (χ0v) is 13.7. The molecule has 1 aromatic heterocycles. The molecule has 3 rings (SSSR count). The summed E-state index contributed by atoms with van der Waals surface area (Å²) >= 11 is 2.24. The lowest BCUT2D eigenvalue weighted by Crippen LogP contribution is -2.39. The second-order valence-corrected chi connectivity index (χ2v) is 6.50. The first-order chi connectivity index (χ1) is 10.1. The minimum absolute atomic E-state index is 0.116. The lowest BCUT2D eigenvalue weighted by atomic mass is 10.0. The first-order valence-corrected chi connectivity index (χ1v) is 8.07. The lowest BCUT2D eigenvalue weighted by Gasteiger charge is -2.32. The van der Waals surface area contributed by atoms with Gasteiger partial charge in [-0.1, -0.05) is 0 Å². The molecular formula is C15H17IN4O. The summed E-state index contributed by atoms with van der Waals surface area (Å²) in [5.41, 5.74) is 6.41. The van der Waals surface area contributed by atoms with Crippen LogP contribution in [0, 0.1) is 3.57 Å². The second kappa shape index (κ2) is 6.05. The Morgan fingerprint density at radius 3 is 2.43 bits per heavy atom. The molecule has 0 radical (unpaired) electrons. The number of carbonyl (C=O) groups is 1. The molecule has 1 amide bonds. The third-order valence-corrected chi connectivity index (χ3v) is 4.57. The van der Waals surface area contributed by atoms with Crippen LogP contribution in [0.3, 0.4) is 0 Å². The van der Waals surface area contributed by atoms with E-state index in [0.717, 1.165) is 35.1 Å². The topological polar surface area (TPSA) is 64.2 Å². The van der Waals surface area contributed by atoms with Crippen molar-refractivity contribution in [1.82, 2.24) is 14.7 Å². The summed E-state index contributed by atoms with van der Waals surface area (Å²) in [6.07, 6.45) is 3.74. The van der Waals surface area contributed by atoms with Gasteiger partial charge in [-0.3, -0.25) is 9.48 Å². The number of hydrogen-bond acceptors (Lipinski definition) is 3. The van der Waals surface area contributed by atoms with Gasteiger partial charge >= 0.3 is 0 Å². The molecule has 110 valence electrons. The fraction of sp³-hybridized carbons (Fsp3) is 0.333. The molecule has 2 N–H and O–H groups in total. The Bertz CT molecular complexity index is 629. The number of rotatable bonds is 2. The van der Waals surface area contributed by atoms with Crippen molar-refractivity contribution in [2.24, 2.45) is 0 Å². The molecule has 1 fully saturated rings. The zero-order valence-electron chi connectivity index (χ0n) is 11.6. The SMILES string of the molecule is Nc1ccn(C2CCN(C(=O)c3ccc(I)cc3)CC2)n1. The Balaban J connectivity index is 1.63. The van der Waals surface area contributed by atoms with Gasteiger partial charge in [0.1, 0.15) is 5.82 Å². The molecule has 0 spiro atoms. The monoisotopic (exact) mass is 396 g/mol. The van der Waals surface area contributed by atoms with Crippen LogP contribution >= 0.6 is 22.6 Å². The number of nitrogens with zero attached hydrogens (tertiary/aromatic N) is 3. The van der Waals surface area contributed by atoms with Crippen molar-refractivity contribution in [1.29, 1.82) is 0 Å². The average molecular weight is 396 g/mol. The number of hydrogen-bond donors (Lipinski definition) is 1. The predicted molar refractivity (Wildman–Crippen MR) is 90.0 cm³/mol. The van der Waals surface area contributed by atoms with E-state index in [1.165, 1.54) is 0 Å². The number of amides is 1. The summed E-state index contributed by atoms with van der Waals surface area (Å²) in [6, 6.07) is 9.86. The second-order valence-electron chi connectivity index (χ2n) is 5.25. The fourth-order valence-corrected chi connectivity index (χ4v) is 3.02. The van der Waals surface area contributed by atoms with Crippen LogP contribution in [-0.2, 0) is 0 Å². The molecule has 5 nitrogen and oxygen atoms in total. The van der Waals surface area contributed by atoms with E-state index in [2.05, 4.69) is 27.7 Å². The highest BCUT2D eigenvalue weighted by Gasteiger charge is 2.24. The van der Waals surface area contributed by atoms with Gasteiger partial charge in [-0.2, -0.15) is 5.10 Å². The molecule has 2 aromatic rings. The number of halogens is 1. The molecule has 1 aliphatic rings. The smallest absolute Gasteiger partial charge is 0.253 e. The lowest BCUT2D eigenvalue weighted by molar-refractivity contribution is 0.0690. The van der Waals surface area contributed by atoms with Gasteiger partial charge in [-0.15, -0.1) is 0 Å². The fourth-order valence-electron chi connectivity index (χ4n) is 2.66. The van der Waals surface area contributed by atoms with Gasteiger partial charge in [-0.25, -0.2) is 0 Å². The maximum atomic E-state index is 12.4. The average Bonchev–Trinajstić information content (AvgIpc) is 2.94. The van der Waals surface area contributed by atoms with Gasteiger partial charge in [0.2, 0.25) is 0 Å². The number of carbonyl (C=O) groups excluding carboxylic acids is 1. The predicted octanol–water partition coefficient (Wildman–Crippen LogP) is 2.55. The summed E-state index contributed by atoms with van der Waals surface area (Å²) in [7, 11) is 0. The van der Waals surface area contributed by atoms with E-state index in [-0.39, 0.29) is 5.91 Å². The van der Waals surface area contributed by atoms with E-state index >= 15 is 0 Å². The van der Waals surface area contributed by atoms with Gasteiger partial charge in [0, 0.05) is 28.4 Å². The Morgan fingerprint density at radius 1 is 1.19 bits per heavy atom. The maximum absolute atomic E-state index is 12.4. The van der Waals surface area contributed by atoms with Gasteiger partial charge in [0.05, 0.1) is 6.04 Å². The normalized spacial score (nSPS) is 16.1. The summed E-state index contributed by atoms with van der Waals surface area (Å²) < 4.78 is 3.06. The molecule has 0 saturated carbocycles. The largest absolute Gasteiger partial charge is 0.382 e. The van der Waals surface area contributed by atoms with E-state index in [9.17, 15) is 4.79 Å². The van der Waals surface area contributed by atoms with Gasteiger partial charge < -0.3 is 10.6 Å². The van der Waals surface area contributed by atoms with E-state index in [0.29, 0.717) is 11.9 Å². The molecule has 1 aromatic carbocycles. The van der Waals surface area contributed by atoms with Gasteiger partial charge in [0.15, 0.2) is 0 Å². The zero-order chi connectivity index (χ0) is 14.8. The van der Waals surface area contributed by atoms with Gasteiger partial charge in [-0.05, 0) is 65.8 Å². The number of anilines is 1. The number of nitrogen functional groups attached to an aromatic ring is 1. The summed E-state index contributed by atoms with van der Waals surface area (Å²) in [4.78, 5) is 14.4. The molecule has 1 aliphatic heterocycles. The molecule has 21 heavy (non-hydrogen) atoms. The van der Waals surface area contributed by atoms with E-state index < -0.39 is 0 Å². The van der Waals surface area contributed by atoms with Crippen molar-refractivity contribution in [3.05, 3.63) is 45.7 Å². The van der Waals surface area contributed by atoms with Gasteiger partial charge in [0.25, 0.3) is 5.91 Å². The molecule has 0 aliphatic carbocycles. The van der Waals surface area contributed by atoms with Crippen LogP contribution in [0.4, 0.5) is 5.82 Å². The highest BCUT2D eigenvalue weighted by molar-refractivity contribution is 14.1. The molecule has 1 saturated heterocycles. The van der Waals surface area contributed by atoms with Crippen LogP contribution in [0.2, 0.25) is 0 Å². The van der Waals surface area contributed by atoms with Crippen LogP contribution in [0.15, 0.2) is 36.5 Å². The van der Waals surface area contributed by atoms with Crippen LogP contribution in [0.1, 0.15) is 29.2 Å². The van der Waals surface area contributed by atoms with E-state index in [4.69, 9.17) is 5.73 Å². The van der Waals surface area contributed by atoms with Crippen molar-refractivity contribution >= 4 is 34.3 Å². The first kappa shape index (κ1) is 14.4. The summed E-state index contributed by atoms with van der Waals surface area (Å²) in [5.74, 6) is 0.664. The number of piperidine rings is 1. The quantitative estimate of drug-likeness (QED) is 0.794. The van der Waals surface area contributed by atoms with Crippen LogP contribution in [-0.4, -0.2) is 33.7 Å². The molecule has 0 unspecified atom stereocenters. The minimum atomic E-state index is 0.116. The summed E-state index contributed by atoms with van der Waals surface area (Å²) in [6.45, 7) is 1.52. The third-order valence-electron chi connectivity index (χ3n) is 3.85. The molecule has 0 atom stereocenters. The number of nitrogens with two attached hydrogens (primary N) is 1. The van der Waals surface area contributed by atoms with Crippen LogP contribution in [0.5, 0.6) is 0 Å². The molecule has 2 heterocycles. The first-order valence-electron chi connectivity index (χ1n) is 6.99. The molecule has 0 bridgehead atoms. The molecular weight excluding hydrogens is 379 g/mol.